The molecule has 0 bridgehead atoms. The first-order valence-electron chi connectivity index (χ1n) is 16.9. The molecule has 0 aliphatic carbocycles. The number of hydrogen-bond acceptors (Lipinski definition) is 18. The molecule has 2 aromatic heterocycles. The average Bonchev–Trinajstić information content (AvgIpc) is 3.67. The number of hydrogen-bond donors (Lipinski definition) is 10. The van der Waals surface area contributed by atoms with Crippen molar-refractivity contribution in [2.75, 3.05) is 37.8 Å². The number of fused-ring (bicyclic) bond motifs is 1. The van der Waals surface area contributed by atoms with E-state index in [1.54, 1.807) is 6.08 Å². The molecule has 57 heavy (non-hydrogen) atoms. The number of allylic oxidation sites excluding steroid dienone is 4. The van der Waals surface area contributed by atoms with Crippen molar-refractivity contribution in [3.05, 3.63) is 36.5 Å². The molecule has 0 saturated carbocycles. The van der Waals surface area contributed by atoms with Crippen LogP contribution < -0.4 is 16.4 Å². The highest BCUT2D eigenvalue weighted by Crippen LogP contribution is 2.61. The second-order valence-corrected chi connectivity index (χ2v) is 17.6. The third-order valence-corrected chi connectivity index (χ3v) is 11.1. The molecule has 1 saturated heterocycles. The number of nitrogens with zero attached hydrogens (tertiary/aromatic N) is 4. The maximum atomic E-state index is 12.8. The van der Waals surface area contributed by atoms with Crippen molar-refractivity contribution >= 4 is 70.7 Å². The number of nitrogen functional groups attached to an aromatic ring is 1. The lowest BCUT2D eigenvalue weighted by Gasteiger charge is -2.30. The molecule has 3 rings (SSSR count). The van der Waals surface area contributed by atoms with Crippen LogP contribution in [0.2, 0.25) is 0 Å². The predicted molar refractivity (Wildman–Crippen MR) is 201 cm³/mol. The van der Waals surface area contributed by atoms with Gasteiger partial charge in [0.2, 0.25) is 23.4 Å². The molecule has 2 amide bonds. The van der Waals surface area contributed by atoms with Gasteiger partial charge in [-0.1, -0.05) is 32.1 Å². The summed E-state index contributed by atoms with van der Waals surface area (Å²) in [6, 6.07) is 0. The first kappa shape index (κ1) is 48.4. The lowest BCUT2D eigenvalue weighted by atomic mass is 9.87. The number of ether oxygens (including phenoxy) is 1. The van der Waals surface area contributed by atoms with Gasteiger partial charge in [0.1, 0.15) is 29.9 Å². The molecular formula is C29H46N7O17P3S. The van der Waals surface area contributed by atoms with Gasteiger partial charge in [0, 0.05) is 30.7 Å². The van der Waals surface area contributed by atoms with Gasteiger partial charge in [-0.15, -0.1) is 0 Å². The summed E-state index contributed by atoms with van der Waals surface area (Å²) in [6.45, 7) is 2.43. The summed E-state index contributed by atoms with van der Waals surface area (Å²) in [5.74, 6) is -2.18. The van der Waals surface area contributed by atoms with Gasteiger partial charge < -0.3 is 50.9 Å². The summed E-state index contributed by atoms with van der Waals surface area (Å²) in [5, 5.41) is 26.4. The maximum Gasteiger partial charge on any atom is 0.481 e. The number of unbranched alkanes of at least 4 members (excludes halogenated alkanes) is 1. The predicted octanol–water partition coefficient (Wildman–Crippen LogP) is 0.430. The Hall–Kier alpha value is -2.96. The highest BCUT2D eigenvalue weighted by Gasteiger charge is 2.50. The monoisotopic (exact) mass is 889 g/mol. The number of aromatic nitrogens is 4. The van der Waals surface area contributed by atoms with Crippen molar-refractivity contribution in [2.45, 2.75) is 70.7 Å². The lowest BCUT2D eigenvalue weighted by Crippen LogP contribution is -2.46. The number of nitrogens with one attached hydrogen (secondary N) is 2. The van der Waals surface area contributed by atoms with Crippen LogP contribution in [0.5, 0.6) is 0 Å². The molecule has 0 radical (unpaired) electrons. The van der Waals surface area contributed by atoms with E-state index in [4.69, 9.17) is 19.5 Å². The Morgan fingerprint density at radius 2 is 1.74 bits per heavy atom. The fourth-order valence-corrected chi connectivity index (χ4v) is 7.88. The molecule has 2 unspecified atom stereocenters. The normalized spacial score (nSPS) is 21.8. The molecule has 320 valence electrons. The van der Waals surface area contributed by atoms with Crippen LogP contribution in [-0.4, -0.2) is 123 Å². The average molecular weight is 890 g/mol. The molecule has 24 nitrogen and oxygen atoms in total. The van der Waals surface area contributed by atoms with E-state index in [1.807, 2.05) is 19.1 Å². The van der Waals surface area contributed by atoms with Gasteiger partial charge in [0.15, 0.2) is 17.7 Å². The maximum absolute atomic E-state index is 12.8. The van der Waals surface area contributed by atoms with Crippen molar-refractivity contribution in [1.29, 1.82) is 0 Å². The molecule has 10 N–H and O–H groups in total. The van der Waals surface area contributed by atoms with Crippen LogP contribution in [0.4, 0.5) is 5.82 Å². The summed E-state index contributed by atoms with van der Waals surface area (Å²) >= 11 is 3.96. The van der Waals surface area contributed by atoms with E-state index in [1.165, 1.54) is 19.9 Å². The third kappa shape index (κ3) is 14.7. The standard InChI is InChI=1S/C29H46N7O17P3S/c1-4-5-6-7-8-9-17(37)25-34-24(30)20-26(35-25)36(16-33-20)28-21(39)22(52-54(42,43)44)18(51-28)14-49-55(45,46)53-56(47,48)50-15-29(2,3)23(40)27(41)32-11-10-19(38)31-12-13-57/h4-5,8-9,16,18,21-23,28,39-40,57H,6-7,10-15H2,1-3H3,(H,31,38)(H,32,41)(H,45,46)(H,47,48)(H2,30,34,35)(H2,42,43,44)/t18-,21-,22-,23+,28-/m1/s1. The molecular weight excluding hydrogens is 843 g/mol. The van der Waals surface area contributed by atoms with Crippen LogP contribution in [0.25, 0.3) is 11.2 Å². The zero-order chi connectivity index (χ0) is 42.8. The largest absolute Gasteiger partial charge is 0.481 e. The van der Waals surface area contributed by atoms with E-state index in [-0.39, 0.29) is 41.7 Å². The van der Waals surface area contributed by atoms with Crippen LogP contribution in [0.1, 0.15) is 56.9 Å². The SMILES string of the molecule is CC=CCCC=CC(=O)c1nc(N)c2ncn([C@@H]3O[C@H](COP(=O)(O)OP(=O)(O)OCC(C)(C)[C@@H](O)C(=O)NCCC(=O)NCCS)[C@@H](OP(=O)(O)O)[C@H]3O)c2n1. The van der Waals surface area contributed by atoms with Crippen molar-refractivity contribution in [3.63, 3.8) is 0 Å². The number of ketones is 1. The summed E-state index contributed by atoms with van der Waals surface area (Å²) in [6.07, 6.45) is -0.594. The van der Waals surface area contributed by atoms with Crippen molar-refractivity contribution in [2.24, 2.45) is 5.41 Å². The number of phosphoric acid groups is 3. The number of rotatable bonds is 23. The van der Waals surface area contributed by atoms with Gasteiger partial charge >= 0.3 is 23.5 Å². The van der Waals surface area contributed by atoms with E-state index >= 15 is 0 Å². The number of carbonyl (C=O) groups excluding carboxylic acids is 3. The Balaban J connectivity index is 1.70. The van der Waals surface area contributed by atoms with Crippen molar-refractivity contribution < 1.29 is 80.5 Å². The Bertz CT molecular complexity index is 1940. The van der Waals surface area contributed by atoms with Crippen LogP contribution in [0.3, 0.4) is 0 Å². The summed E-state index contributed by atoms with van der Waals surface area (Å²) in [5.41, 5.74) is 4.17. The third-order valence-electron chi connectivity index (χ3n) is 7.80. The molecule has 28 heteroatoms. The fraction of sp³-hybridized carbons (Fsp3) is 0.586. The number of carbonyl (C=O) groups is 3. The smallest absolute Gasteiger partial charge is 0.386 e. The molecule has 2 aromatic rings. The molecule has 0 aromatic carbocycles. The van der Waals surface area contributed by atoms with Crippen molar-refractivity contribution in [1.82, 2.24) is 30.2 Å². The molecule has 7 atom stereocenters. The van der Waals surface area contributed by atoms with E-state index in [0.29, 0.717) is 25.1 Å². The Labute approximate surface area is 331 Å². The van der Waals surface area contributed by atoms with E-state index in [0.717, 1.165) is 10.9 Å². The number of aliphatic hydroxyl groups is 2. The van der Waals surface area contributed by atoms with Gasteiger partial charge in [-0.25, -0.2) is 28.6 Å². The molecule has 0 spiro atoms. The molecule has 1 fully saturated rings. The number of amides is 2. The van der Waals surface area contributed by atoms with Crippen LogP contribution in [0.15, 0.2) is 30.6 Å². The number of phosphoric ester groups is 3. The van der Waals surface area contributed by atoms with Crippen LogP contribution in [0, 0.1) is 5.41 Å². The number of aliphatic hydroxyl groups excluding tert-OH is 2. The first-order chi connectivity index (χ1) is 26.5. The van der Waals surface area contributed by atoms with Crippen LogP contribution >= 0.6 is 36.1 Å². The number of anilines is 1. The van der Waals surface area contributed by atoms with E-state index in [2.05, 4.69) is 47.0 Å². The number of thiol groups is 1. The Morgan fingerprint density at radius 3 is 2.39 bits per heavy atom. The van der Waals surface area contributed by atoms with Gasteiger partial charge in [0.25, 0.3) is 0 Å². The molecule has 1 aliphatic rings. The van der Waals surface area contributed by atoms with Crippen molar-refractivity contribution in [3.8, 4) is 0 Å². The van der Waals surface area contributed by atoms with Gasteiger partial charge in [-0.3, -0.25) is 32.5 Å². The minimum atomic E-state index is -5.62. The zero-order valence-corrected chi connectivity index (χ0v) is 34.3. The van der Waals surface area contributed by atoms with E-state index < -0.39 is 84.4 Å². The molecule has 1 aliphatic heterocycles. The summed E-state index contributed by atoms with van der Waals surface area (Å²) < 4.78 is 62.5. The van der Waals surface area contributed by atoms with Gasteiger partial charge in [-0.2, -0.15) is 16.9 Å². The van der Waals surface area contributed by atoms with Gasteiger partial charge in [-0.05, 0) is 25.8 Å². The summed E-state index contributed by atoms with van der Waals surface area (Å²) in [4.78, 5) is 88.6. The second-order valence-electron chi connectivity index (χ2n) is 12.9. The quantitative estimate of drug-likeness (QED) is 0.0181. The minimum absolute atomic E-state index is 0.0561. The zero-order valence-electron chi connectivity index (χ0n) is 30.8. The fourth-order valence-electron chi connectivity index (χ4n) is 4.94. The topological polar surface area (TPSA) is 364 Å². The highest BCUT2D eigenvalue weighted by molar-refractivity contribution is 7.80. The summed E-state index contributed by atoms with van der Waals surface area (Å²) in [7, 11) is -16.5. The van der Waals surface area contributed by atoms with E-state index in [9.17, 15) is 57.9 Å². The number of nitrogens with two attached hydrogens (primary N) is 1. The van der Waals surface area contributed by atoms with Crippen LogP contribution in [-0.2, 0) is 45.9 Å². The Kier molecular flexibility index (Phi) is 17.7. The first-order valence-corrected chi connectivity index (χ1v) is 22.0. The number of imidazole rings is 1. The highest BCUT2D eigenvalue weighted by atomic mass is 32.1. The van der Waals surface area contributed by atoms with Gasteiger partial charge in [0.05, 0.1) is 19.5 Å². The minimum Gasteiger partial charge on any atom is -0.386 e. The molecule has 3 heterocycles. The lowest BCUT2D eigenvalue weighted by molar-refractivity contribution is -0.137. The Morgan fingerprint density at radius 1 is 1.07 bits per heavy atom. The second kappa shape index (κ2) is 20.8.